The molecule has 1 saturated heterocycles. The van der Waals surface area contributed by atoms with Crippen LogP contribution < -0.4 is 5.32 Å². The van der Waals surface area contributed by atoms with Crippen LogP contribution in [-0.4, -0.2) is 61.6 Å². The van der Waals surface area contributed by atoms with Gasteiger partial charge in [-0.05, 0) is 77.8 Å². The standard InChI is InChI=1S/C33H42N4O4/c1-20-27-15-25(33(27,3)4)16-28(20)35-32(40)31-30(21(2)39)29(18-38)41-37(31)17-22-6-5-7-24(14-22)23-8-10-26(11-9-23)36-13-12-34-19-36/h5-14,19-21,25,27-31,38-39H,15-18H2,1-4H3,(H,35,40)/t20-,21-,25-,27+,28-,29-,30+,31-/m0/s1. The second-order valence-electron chi connectivity index (χ2n) is 13.0. The summed E-state index contributed by atoms with van der Waals surface area (Å²) in [5, 5.41) is 25.8. The molecule has 3 N–H and O–H groups in total. The fraction of sp³-hybridized carbons (Fsp3) is 0.515. The first-order chi connectivity index (χ1) is 19.7. The van der Waals surface area contributed by atoms with E-state index in [0.29, 0.717) is 29.7 Å². The molecule has 3 aromatic rings. The number of benzene rings is 2. The van der Waals surface area contributed by atoms with Crippen LogP contribution in [0.5, 0.6) is 0 Å². The molecule has 4 fully saturated rings. The van der Waals surface area contributed by atoms with Gasteiger partial charge in [0.05, 0.1) is 25.6 Å². The van der Waals surface area contributed by atoms with Gasteiger partial charge in [0.15, 0.2) is 0 Å². The van der Waals surface area contributed by atoms with E-state index >= 15 is 0 Å². The van der Waals surface area contributed by atoms with Crippen LogP contribution >= 0.6 is 0 Å². The van der Waals surface area contributed by atoms with Gasteiger partial charge in [0.2, 0.25) is 5.91 Å². The summed E-state index contributed by atoms with van der Waals surface area (Å²) in [4.78, 5) is 24.2. The zero-order chi connectivity index (χ0) is 28.9. The predicted octanol–water partition coefficient (Wildman–Crippen LogP) is 4.20. The maximum atomic E-state index is 13.9. The van der Waals surface area contributed by atoms with Crippen LogP contribution in [0.2, 0.25) is 0 Å². The van der Waals surface area contributed by atoms with Crippen molar-refractivity contribution in [1.82, 2.24) is 19.9 Å². The minimum Gasteiger partial charge on any atom is -0.394 e. The Morgan fingerprint density at radius 1 is 1.17 bits per heavy atom. The van der Waals surface area contributed by atoms with Crippen molar-refractivity contribution in [3.05, 3.63) is 72.8 Å². The van der Waals surface area contributed by atoms with Crippen LogP contribution in [0.4, 0.5) is 0 Å². The number of rotatable bonds is 8. The van der Waals surface area contributed by atoms with Crippen molar-refractivity contribution in [2.24, 2.45) is 29.1 Å². The number of hydroxylamine groups is 2. The molecule has 0 radical (unpaired) electrons. The second kappa shape index (κ2) is 11.0. The van der Waals surface area contributed by atoms with E-state index in [9.17, 15) is 15.0 Å². The van der Waals surface area contributed by atoms with Crippen molar-refractivity contribution < 1.29 is 19.8 Å². The van der Waals surface area contributed by atoms with Crippen molar-refractivity contribution in [2.45, 2.75) is 71.4 Å². The molecule has 0 unspecified atom stereocenters. The highest BCUT2D eigenvalue weighted by atomic mass is 16.7. The Kier molecular flexibility index (Phi) is 7.53. The Morgan fingerprint density at radius 2 is 1.95 bits per heavy atom. The fourth-order valence-electron chi connectivity index (χ4n) is 7.75. The summed E-state index contributed by atoms with van der Waals surface area (Å²) in [6.07, 6.45) is 6.20. The average Bonchev–Trinajstić information content (AvgIpc) is 3.62. The number of nitrogens with zero attached hydrogens (tertiary/aromatic N) is 3. The molecule has 3 aliphatic carbocycles. The first-order valence-corrected chi connectivity index (χ1v) is 14.9. The molecule has 8 atom stereocenters. The minimum atomic E-state index is -0.815. The monoisotopic (exact) mass is 558 g/mol. The molecule has 2 bridgehead atoms. The predicted molar refractivity (Wildman–Crippen MR) is 157 cm³/mol. The quantitative estimate of drug-likeness (QED) is 0.383. The van der Waals surface area contributed by atoms with E-state index in [1.54, 1.807) is 24.5 Å². The van der Waals surface area contributed by atoms with Crippen LogP contribution in [0.3, 0.4) is 0 Å². The van der Waals surface area contributed by atoms with Gasteiger partial charge in [-0.3, -0.25) is 9.63 Å². The number of carbonyl (C=O) groups is 1. The second-order valence-corrected chi connectivity index (χ2v) is 13.0. The van der Waals surface area contributed by atoms with Gasteiger partial charge in [-0.1, -0.05) is 51.1 Å². The van der Waals surface area contributed by atoms with E-state index in [4.69, 9.17) is 4.84 Å². The molecule has 8 nitrogen and oxygen atoms in total. The zero-order valence-electron chi connectivity index (χ0n) is 24.4. The van der Waals surface area contributed by atoms with Gasteiger partial charge in [-0.15, -0.1) is 0 Å². The van der Waals surface area contributed by atoms with Crippen LogP contribution in [0, 0.1) is 29.1 Å². The Bertz CT molecular complexity index is 1360. The van der Waals surface area contributed by atoms with Gasteiger partial charge in [0.25, 0.3) is 0 Å². The Hall–Kier alpha value is -3.04. The molecule has 2 aromatic carbocycles. The third kappa shape index (κ3) is 5.12. The summed E-state index contributed by atoms with van der Waals surface area (Å²) in [5.41, 5.74) is 4.49. The van der Waals surface area contributed by atoms with Crippen LogP contribution in [0.25, 0.3) is 16.8 Å². The molecular formula is C33H42N4O4. The zero-order valence-corrected chi connectivity index (χ0v) is 24.4. The van der Waals surface area contributed by atoms with Crippen molar-refractivity contribution in [1.29, 1.82) is 0 Å². The van der Waals surface area contributed by atoms with Gasteiger partial charge < -0.3 is 20.1 Å². The van der Waals surface area contributed by atoms with E-state index in [1.165, 1.54) is 6.42 Å². The molecular weight excluding hydrogens is 516 g/mol. The number of imidazole rings is 1. The summed E-state index contributed by atoms with van der Waals surface area (Å²) < 4.78 is 1.96. The molecule has 2 heterocycles. The summed E-state index contributed by atoms with van der Waals surface area (Å²) in [7, 11) is 0. The molecule has 8 heteroatoms. The van der Waals surface area contributed by atoms with Gasteiger partial charge in [-0.25, -0.2) is 4.98 Å². The van der Waals surface area contributed by atoms with E-state index in [0.717, 1.165) is 28.8 Å². The van der Waals surface area contributed by atoms with Crippen LogP contribution in [-0.2, 0) is 16.2 Å². The summed E-state index contributed by atoms with van der Waals surface area (Å²) >= 11 is 0. The fourth-order valence-corrected chi connectivity index (χ4v) is 7.75. The van der Waals surface area contributed by atoms with Crippen molar-refractivity contribution in [3.63, 3.8) is 0 Å². The Balaban J connectivity index is 1.21. The number of nitrogens with one attached hydrogen (secondary N) is 1. The van der Waals surface area contributed by atoms with Crippen LogP contribution in [0.1, 0.15) is 46.1 Å². The first-order valence-electron chi connectivity index (χ1n) is 14.9. The van der Waals surface area contributed by atoms with Crippen molar-refractivity contribution in [2.75, 3.05) is 6.61 Å². The lowest BCUT2D eigenvalue weighted by atomic mass is 9.45. The molecule has 1 aromatic heterocycles. The molecule has 1 amide bonds. The summed E-state index contributed by atoms with van der Waals surface area (Å²) in [6, 6.07) is 15.9. The molecule has 7 rings (SSSR count). The third-order valence-electron chi connectivity index (χ3n) is 10.3. The molecule has 3 saturated carbocycles. The number of aliphatic hydroxyl groups is 2. The number of aliphatic hydroxyl groups excluding tert-OH is 2. The van der Waals surface area contributed by atoms with E-state index in [2.05, 4.69) is 67.5 Å². The van der Waals surface area contributed by atoms with Crippen molar-refractivity contribution >= 4 is 5.91 Å². The van der Waals surface area contributed by atoms with Crippen molar-refractivity contribution in [3.8, 4) is 16.8 Å². The van der Waals surface area contributed by atoms with Gasteiger partial charge >= 0.3 is 0 Å². The summed E-state index contributed by atoms with van der Waals surface area (Å²) in [6.45, 7) is 8.73. The third-order valence-corrected chi connectivity index (χ3v) is 10.3. The van der Waals surface area contributed by atoms with Crippen LogP contribution in [0.15, 0.2) is 67.3 Å². The van der Waals surface area contributed by atoms with E-state index in [-0.39, 0.29) is 18.6 Å². The minimum absolute atomic E-state index is 0.109. The number of amides is 1. The largest absolute Gasteiger partial charge is 0.394 e. The molecule has 1 aliphatic heterocycles. The topological polar surface area (TPSA) is 99.9 Å². The number of aromatic nitrogens is 2. The van der Waals surface area contributed by atoms with E-state index in [1.807, 2.05) is 22.9 Å². The highest BCUT2D eigenvalue weighted by molar-refractivity contribution is 5.83. The Labute approximate surface area is 242 Å². The number of carbonyl (C=O) groups excluding carboxylic acids is 1. The lowest BCUT2D eigenvalue weighted by Crippen LogP contribution is -2.62. The molecule has 4 aliphatic rings. The number of hydrogen-bond acceptors (Lipinski definition) is 6. The molecule has 41 heavy (non-hydrogen) atoms. The first kappa shape index (κ1) is 28.1. The average molecular weight is 559 g/mol. The SMILES string of the molecule is C[C@@H]1[C@@H](NC(=O)[C@@H]2[C@H]([C@H](C)O)[C@H](CO)ON2Cc2cccc(-c3ccc(-n4ccnc4)cc3)c2)C[C@@H]2C[C@H]1C2(C)C. The summed E-state index contributed by atoms with van der Waals surface area (Å²) in [5.74, 6) is 0.958. The highest BCUT2D eigenvalue weighted by Crippen LogP contribution is 2.61. The van der Waals surface area contributed by atoms with E-state index < -0.39 is 24.2 Å². The highest BCUT2D eigenvalue weighted by Gasteiger charge is 2.57. The number of hydrogen-bond donors (Lipinski definition) is 3. The molecule has 0 spiro atoms. The number of fused-ring (bicyclic) bond motifs is 2. The Morgan fingerprint density at radius 3 is 2.59 bits per heavy atom. The lowest BCUT2D eigenvalue weighted by Gasteiger charge is -2.62. The smallest absolute Gasteiger partial charge is 0.240 e. The maximum Gasteiger partial charge on any atom is 0.240 e. The van der Waals surface area contributed by atoms with Gasteiger partial charge in [-0.2, -0.15) is 5.06 Å². The van der Waals surface area contributed by atoms with Gasteiger partial charge in [0.1, 0.15) is 12.1 Å². The van der Waals surface area contributed by atoms with Gasteiger partial charge in [0, 0.05) is 30.0 Å². The lowest BCUT2D eigenvalue weighted by molar-refractivity contribution is -0.183. The normalized spacial score (nSPS) is 31.4. The molecule has 218 valence electrons. The maximum absolute atomic E-state index is 13.9.